The number of carbonyl (C=O) groups excluding carboxylic acids is 1. The van der Waals surface area contributed by atoms with E-state index in [0.717, 1.165) is 12.5 Å². The van der Waals surface area contributed by atoms with E-state index in [1.54, 1.807) is 4.90 Å². The summed E-state index contributed by atoms with van der Waals surface area (Å²) in [7, 11) is 0. The fraction of sp³-hybridized carbons (Fsp3) is 0.611. The van der Waals surface area contributed by atoms with Crippen molar-refractivity contribution < 1.29 is 27.8 Å². The van der Waals surface area contributed by atoms with Gasteiger partial charge in [0.25, 0.3) is 0 Å². The van der Waals surface area contributed by atoms with E-state index in [9.17, 15) is 13.6 Å². The molecule has 6 nitrogen and oxygen atoms in total. The molecule has 154 valence electrons. The molecule has 0 aromatic heterocycles. The molecule has 1 aromatic rings. The van der Waals surface area contributed by atoms with Gasteiger partial charge < -0.3 is 24.4 Å². The van der Waals surface area contributed by atoms with Crippen LogP contribution in [0.1, 0.15) is 25.8 Å². The predicted molar refractivity (Wildman–Crippen MR) is 99.4 cm³/mol. The van der Waals surface area contributed by atoms with Gasteiger partial charge in [-0.1, -0.05) is 6.92 Å². The zero-order chi connectivity index (χ0) is 18.9. The Bertz CT molecular complexity index is 607. The number of hydrogen-bond donors (Lipinski definition) is 1. The molecule has 0 spiro atoms. The molecule has 1 amide bonds. The Labute approximate surface area is 164 Å². The largest absolute Gasteiger partial charge is 0.488 e. The molecule has 1 fully saturated rings. The fourth-order valence-electron chi connectivity index (χ4n) is 2.76. The van der Waals surface area contributed by atoms with Crippen LogP contribution in [0, 0.1) is 11.6 Å². The van der Waals surface area contributed by atoms with Crippen molar-refractivity contribution in [1.29, 1.82) is 0 Å². The normalized spacial score (nSPS) is 16.6. The summed E-state index contributed by atoms with van der Waals surface area (Å²) in [6.07, 6.45) is 0.202. The van der Waals surface area contributed by atoms with Crippen LogP contribution in [0.4, 0.5) is 13.6 Å². The second-order valence-corrected chi connectivity index (χ2v) is 5.90. The maximum absolute atomic E-state index is 14.5. The molecule has 27 heavy (non-hydrogen) atoms. The summed E-state index contributed by atoms with van der Waals surface area (Å²) in [4.78, 5) is 13.9. The Morgan fingerprint density at radius 2 is 2.07 bits per heavy atom. The minimum Gasteiger partial charge on any atom is -0.488 e. The second-order valence-electron chi connectivity index (χ2n) is 5.90. The van der Waals surface area contributed by atoms with Crippen molar-refractivity contribution in [2.45, 2.75) is 32.9 Å². The summed E-state index contributed by atoms with van der Waals surface area (Å²) < 4.78 is 44.0. The van der Waals surface area contributed by atoms with E-state index in [1.165, 1.54) is 6.07 Å². The quantitative estimate of drug-likeness (QED) is 0.670. The summed E-state index contributed by atoms with van der Waals surface area (Å²) >= 11 is 0. The van der Waals surface area contributed by atoms with Crippen LogP contribution >= 0.6 is 12.4 Å². The Hall–Kier alpha value is -1.64. The molecule has 1 aromatic carbocycles. The van der Waals surface area contributed by atoms with Gasteiger partial charge in [-0.3, -0.25) is 0 Å². The lowest BCUT2D eigenvalue weighted by atomic mass is 10.1. The maximum atomic E-state index is 14.5. The molecule has 0 saturated carbocycles. The number of ether oxygens (including phenoxy) is 3. The molecule has 0 radical (unpaired) electrons. The molecule has 1 N–H and O–H groups in total. The van der Waals surface area contributed by atoms with E-state index < -0.39 is 24.3 Å². The molecule has 2 rings (SSSR count). The van der Waals surface area contributed by atoms with Crippen molar-refractivity contribution in [3.8, 4) is 5.75 Å². The molecular weight excluding hydrogens is 382 g/mol. The number of benzene rings is 1. The van der Waals surface area contributed by atoms with Gasteiger partial charge in [0.2, 0.25) is 0 Å². The molecule has 9 heteroatoms. The van der Waals surface area contributed by atoms with Gasteiger partial charge in [0.05, 0.1) is 12.2 Å². The zero-order valence-electron chi connectivity index (χ0n) is 15.6. The summed E-state index contributed by atoms with van der Waals surface area (Å²) in [5.41, 5.74) is -0.324. The molecule has 0 unspecified atom stereocenters. The van der Waals surface area contributed by atoms with Gasteiger partial charge in [-0.15, -0.1) is 12.4 Å². The molecule has 0 aliphatic carbocycles. The molecule has 1 heterocycles. The van der Waals surface area contributed by atoms with Crippen LogP contribution in [0.25, 0.3) is 0 Å². The van der Waals surface area contributed by atoms with Crippen LogP contribution < -0.4 is 10.1 Å². The lowest BCUT2D eigenvalue weighted by Crippen LogP contribution is -2.53. The highest BCUT2D eigenvalue weighted by Gasteiger charge is 2.27. The smallest absolute Gasteiger partial charge is 0.410 e. The number of hydrogen-bond acceptors (Lipinski definition) is 5. The minimum atomic E-state index is -0.860. The van der Waals surface area contributed by atoms with Gasteiger partial charge in [-0.25, -0.2) is 13.6 Å². The van der Waals surface area contributed by atoms with Gasteiger partial charge in [-0.05, 0) is 25.5 Å². The van der Waals surface area contributed by atoms with Crippen molar-refractivity contribution >= 4 is 18.5 Å². The van der Waals surface area contributed by atoms with Crippen LogP contribution in [-0.4, -0.2) is 56.5 Å². The number of carbonyl (C=O) groups is 1. The Kier molecular flexibility index (Phi) is 10.4. The van der Waals surface area contributed by atoms with Gasteiger partial charge in [0.1, 0.15) is 19.0 Å². The lowest BCUT2D eigenvalue weighted by molar-refractivity contribution is 0.0696. The first-order valence-electron chi connectivity index (χ1n) is 8.90. The van der Waals surface area contributed by atoms with Crippen LogP contribution in [0.5, 0.6) is 5.75 Å². The van der Waals surface area contributed by atoms with Gasteiger partial charge >= 0.3 is 6.09 Å². The Balaban J connectivity index is 0.00000364. The van der Waals surface area contributed by atoms with E-state index in [0.29, 0.717) is 32.8 Å². The summed E-state index contributed by atoms with van der Waals surface area (Å²) in [6.45, 7) is 6.15. The van der Waals surface area contributed by atoms with Crippen molar-refractivity contribution in [3.63, 3.8) is 0 Å². The highest BCUT2D eigenvalue weighted by molar-refractivity contribution is 5.85. The van der Waals surface area contributed by atoms with E-state index in [-0.39, 0.29) is 36.4 Å². The van der Waals surface area contributed by atoms with Crippen molar-refractivity contribution in [1.82, 2.24) is 10.2 Å². The molecular formula is C18H27ClF2N2O4. The highest BCUT2D eigenvalue weighted by Crippen LogP contribution is 2.24. The third-order valence-electron chi connectivity index (χ3n) is 4.24. The first-order chi connectivity index (χ1) is 12.6. The SMILES string of the molecule is CCOCCOc1ccc(F)c(COC(=O)N2CCNC[C@H]2CC)c1F.Cl. The van der Waals surface area contributed by atoms with Crippen LogP contribution in [0.2, 0.25) is 0 Å². The fourth-order valence-corrected chi connectivity index (χ4v) is 2.76. The van der Waals surface area contributed by atoms with Gasteiger partial charge in [0, 0.05) is 32.3 Å². The van der Waals surface area contributed by atoms with E-state index >= 15 is 0 Å². The van der Waals surface area contributed by atoms with E-state index in [4.69, 9.17) is 14.2 Å². The monoisotopic (exact) mass is 408 g/mol. The third-order valence-corrected chi connectivity index (χ3v) is 4.24. The number of nitrogens with zero attached hydrogens (tertiary/aromatic N) is 1. The molecule has 1 aliphatic rings. The standard InChI is InChI=1S/C18H26F2N2O4.ClH/c1-3-13-11-21-7-8-22(13)18(23)26-12-14-15(19)5-6-16(17(14)20)25-10-9-24-4-2;/h5-6,13,21H,3-4,7-12H2,1-2H3;1H/t13-;/m1./s1. The number of nitrogens with one attached hydrogen (secondary N) is 1. The van der Waals surface area contributed by atoms with Crippen molar-refractivity contribution in [2.75, 3.05) is 39.5 Å². The highest BCUT2D eigenvalue weighted by atomic mass is 35.5. The number of rotatable bonds is 8. The van der Waals surface area contributed by atoms with Crippen LogP contribution in [0.3, 0.4) is 0 Å². The van der Waals surface area contributed by atoms with Gasteiger partial charge in [0.15, 0.2) is 11.6 Å². The number of piperazine rings is 1. The van der Waals surface area contributed by atoms with Crippen LogP contribution in [-0.2, 0) is 16.1 Å². The first-order valence-corrected chi connectivity index (χ1v) is 8.90. The van der Waals surface area contributed by atoms with Crippen molar-refractivity contribution in [2.24, 2.45) is 0 Å². The summed E-state index contributed by atoms with van der Waals surface area (Å²) in [5, 5.41) is 3.20. The average Bonchev–Trinajstić information content (AvgIpc) is 2.66. The summed E-state index contributed by atoms with van der Waals surface area (Å²) in [5.74, 6) is -1.73. The summed E-state index contributed by atoms with van der Waals surface area (Å²) in [6, 6.07) is 2.33. The van der Waals surface area contributed by atoms with Gasteiger partial charge in [-0.2, -0.15) is 0 Å². The molecule has 1 atom stereocenters. The minimum absolute atomic E-state index is 0. The third kappa shape index (κ3) is 6.48. The number of halogens is 3. The second kappa shape index (κ2) is 11.9. The van der Waals surface area contributed by atoms with E-state index in [2.05, 4.69) is 5.32 Å². The average molecular weight is 409 g/mol. The lowest BCUT2D eigenvalue weighted by Gasteiger charge is -2.34. The Morgan fingerprint density at radius 1 is 1.30 bits per heavy atom. The molecule has 1 saturated heterocycles. The molecule has 0 bridgehead atoms. The molecule has 1 aliphatic heterocycles. The van der Waals surface area contributed by atoms with E-state index in [1.807, 2.05) is 13.8 Å². The number of amides is 1. The predicted octanol–water partition coefficient (Wildman–Crippen LogP) is 3.12. The van der Waals surface area contributed by atoms with Crippen LogP contribution in [0.15, 0.2) is 12.1 Å². The Morgan fingerprint density at radius 3 is 2.78 bits per heavy atom. The zero-order valence-corrected chi connectivity index (χ0v) is 16.4. The maximum Gasteiger partial charge on any atom is 0.410 e. The topological polar surface area (TPSA) is 60.0 Å². The van der Waals surface area contributed by atoms with Crippen molar-refractivity contribution in [3.05, 3.63) is 29.3 Å². The first kappa shape index (κ1) is 23.4.